The summed E-state index contributed by atoms with van der Waals surface area (Å²) in [4.78, 5) is 50.1. The largest absolute Gasteiger partial charge is 0.465 e. The SMILES string of the molecule is CCCCC(C)COC(=O)CC(CC(=O)OCC(C)CCCC)(N=O)C(=O)OCC(C)CCCC. The molecule has 0 saturated carbocycles. The van der Waals surface area contributed by atoms with Gasteiger partial charge in [0.1, 0.15) is 0 Å². The number of hydrogen-bond acceptors (Lipinski definition) is 8. The van der Waals surface area contributed by atoms with Crippen molar-refractivity contribution in [3.05, 3.63) is 4.91 Å². The average molecular weight is 500 g/mol. The van der Waals surface area contributed by atoms with Crippen molar-refractivity contribution in [2.24, 2.45) is 22.9 Å². The Morgan fingerprint density at radius 3 is 1.31 bits per heavy atom. The summed E-state index contributed by atoms with van der Waals surface area (Å²) in [6.07, 6.45) is 7.48. The van der Waals surface area contributed by atoms with Gasteiger partial charge in [0.25, 0.3) is 0 Å². The van der Waals surface area contributed by atoms with Crippen molar-refractivity contribution >= 4 is 17.9 Å². The topological polar surface area (TPSA) is 108 Å². The molecule has 8 heteroatoms. The van der Waals surface area contributed by atoms with Crippen LogP contribution in [0.3, 0.4) is 0 Å². The van der Waals surface area contributed by atoms with E-state index in [0.29, 0.717) is 0 Å². The number of carbonyl (C=O) groups excluding carboxylic acids is 3. The molecule has 0 fully saturated rings. The first-order chi connectivity index (χ1) is 16.6. The molecule has 3 unspecified atom stereocenters. The summed E-state index contributed by atoms with van der Waals surface area (Å²) in [6.45, 7) is 12.6. The highest BCUT2D eigenvalue weighted by molar-refractivity contribution is 5.91. The Kier molecular flexibility index (Phi) is 18.1. The minimum Gasteiger partial charge on any atom is -0.465 e. The maximum absolute atomic E-state index is 13.0. The van der Waals surface area contributed by atoms with E-state index in [1.807, 2.05) is 20.8 Å². The molecule has 0 N–H and O–H groups in total. The van der Waals surface area contributed by atoms with Crippen LogP contribution in [-0.2, 0) is 28.6 Å². The Balaban J connectivity index is 5.27. The molecular formula is C27H49NO7. The van der Waals surface area contributed by atoms with Gasteiger partial charge in [0.05, 0.1) is 32.7 Å². The first-order valence-corrected chi connectivity index (χ1v) is 13.5. The molecule has 8 nitrogen and oxygen atoms in total. The van der Waals surface area contributed by atoms with Crippen molar-refractivity contribution in [1.29, 1.82) is 0 Å². The fourth-order valence-corrected chi connectivity index (χ4v) is 3.62. The van der Waals surface area contributed by atoms with E-state index in [4.69, 9.17) is 14.2 Å². The van der Waals surface area contributed by atoms with Crippen LogP contribution in [0.5, 0.6) is 0 Å². The zero-order valence-corrected chi connectivity index (χ0v) is 22.9. The van der Waals surface area contributed by atoms with Gasteiger partial charge in [0.15, 0.2) is 0 Å². The summed E-state index contributed by atoms with van der Waals surface area (Å²) >= 11 is 0. The van der Waals surface area contributed by atoms with Gasteiger partial charge in [-0.1, -0.05) is 80.1 Å². The lowest BCUT2D eigenvalue weighted by Crippen LogP contribution is -2.43. The molecule has 35 heavy (non-hydrogen) atoms. The fraction of sp³-hybridized carbons (Fsp3) is 0.889. The second kappa shape index (κ2) is 19.2. The van der Waals surface area contributed by atoms with Crippen molar-refractivity contribution in [2.75, 3.05) is 19.8 Å². The van der Waals surface area contributed by atoms with Crippen LogP contribution in [0.2, 0.25) is 0 Å². The third kappa shape index (κ3) is 14.9. The molecule has 0 heterocycles. The Bertz CT molecular complexity index is 591. The van der Waals surface area contributed by atoms with Gasteiger partial charge >= 0.3 is 17.9 Å². The number of hydrogen-bond donors (Lipinski definition) is 0. The molecule has 0 aliphatic heterocycles. The molecule has 3 atom stereocenters. The number of rotatable bonds is 21. The van der Waals surface area contributed by atoms with Gasteiger partial charge in [-0.3, -0.25) is 9.59 Å². The maximum Gasteiger partial charge on any atom is 0.338 e. The first-order valence-electron chi connectivity index (χ1n) is 13.5. The third-order valence-corrected chi connectivity index (χ3v) is 6.14. The molecule has 0 aromatic carbocycles. The monoisotopic (exact) mass is 499 g/mol. The summed E-state index contributed by atoms with van der Waals surface area (Å²) in [5.41, 5.74) is -2.20. The average Bonchev–Trinajstić information content (AvgIpc) is 2.84. The molecule has 0 aliphatic carbocycles. The van der Waals surface area contributed by atoms with Gasteiger partial charge in [0.2, 0.25) is 5.54 Å². The zero-order valence-electron chi connectivity index (χ0n) is 22.9. The smallest absolute Gasteiger partial charge is 0.338 e. The van der Waals surface area contributed by atoms with E-state index in [2.05, 4.69) is 25.9 Å². The van der Waals surface area contributed by atoms with Crippen molar-refractivity contribution in [2.45, 2.75) is 118 Å². The highest BCUT2D eigenvalue weighted by atomic mass is 16.5. The summed E-state index contributed by atoms with van der Waals surface area (Å²) < 4.78 is 16.0. The van der Waals surface area contributed by atoms with Crippen LogP contribution in [0, 0.1) is 22.7 Å². The molecule has 0 amide bonds. The molecule has 0 radical (unpaired) electrons. The molecular weight excluding hydrogens is 450 g/mol. The number of unbranched alkanes of at least 4 members (excludes halogenated alkanes) is 3. The molecule has 0 aromatic rings. The van der Waals surface area contributed by atoms with Gasteiger partial charge in [-0.25, -0.2) is 4.79 Å². The quantitative estimate of drug-likeness (QED) is 0.102. The van der Waals surface area contributed by atoms with Gasteiger partial charge in [-0.05, 0) is 42.2 Å². The summed E-state index contributed by atoms with van der Waals surface area (Å²) in [5.74, 6) is -2.11. The number of ether oxygens (including phenoxy) is 3. The van der Waals surface area contributed by atoms with Gasteiger partial charge in [-0.15, -0.1) is 4.91 Å². The normalized spacial score (nSPS) is 15.4. The molecule has 204 valence electrons. The van der Waals surface area contributed by atoms with Crippen LogP contribution in [0.15, 0.2) is 5.18 Å². The van der Waals surface area contributed by atoms with E-state index in [1.54, 1.807) is 0 Å². The van der Waals surface area contributed by atoms with Gasteiger partial charge in [-0.2, -0.15) is 0 Å². The lowest BCUT2D eigenvalue weighted by molar-refractivity contribution is -0.162. The summed E-state index contributed by atoms with van der Waals surface area (Å²) in [5, 5.41) is 2.97. The minimum atomic E-state index is -2.20. The van der Waals surface area contributed by atoms with Crippen LogP contribution in [0.1, 0.15) is 112 Å². The van der Waals surface area contributed by atoms with Crippen LogP contribution < -0.4 is 0 Å². The van der Waals surface area contributed by atoms with Crippen LogP contribution in [0.25, 0.3) is 0 Å². The van der Waals surface area contributed by atoms with E-state index in [1.165, 1.54) is 0 Å². The first kappa shape index (κ1) is 33.0. The number of nitrogens with zero attached hydrogens (tertiary/aromatic N) is 1. The summed E-state index contributed by atoms with van der Waals surface area (Å²) in [7, 11) is 0. The number of nitroso groups, excluding NO2 is 1. The highest BCUT2D eigenvalue weighted by Gasteiger charge is 2.47. The van der Waals surface area contributed by atoms with Crippen molar-refractivity contribution in [3.8, 4) is 0 Å². The molecule has 0 rings (SSSR count). The van der Waals surface area contributed by atoms with Crippen molar-refractivity contribution < 1.29 is 28.6 Å². The maximum atomic E-state index is 13.0. The van der Waals surface area contributed by atoms with Crippen LogP contribution in [0.4, 0.5) is 0 Å². The van der Waals surface area contributed by atoms with Crippen molar-refractivity contribution in [1.82, 2.24) is 0 Å². The molecule has 0 aromatic heterocycles. The van der Waals surface area contributed by atoms with Crippen molar-refractivity contribution in [3.63, 3.8) is 0 Å². The number of carbonyl (C=O) groups is 3. The lowest BCUT2D eigenvalue weighted by Gasteiger charge is -2.24. The Labute approximate surface area is 212 Å². The van der Waals surface area contributed by atoms with E-state index in [9.17, 15) is 19.3 Å². The van der Waals surface area contributed by atoms with Gasteiger partial charge < -0.3 is 14.2 Å². The highest BCUT2D eigenvalue weighted by Crippen LogP contribution is 2.26. The second-order valence-electron chi connectivity index (χ2n) is 10.2. The van der Waals surface area contributed by atoms with E-state index in [-0.39, 0.29) is 37.6 Å². The van der Waals surface area contributed by atoms with Crippen LogP contribution in [-0.4, -0.2) is 43.3 Å². The van der Waals surface area contributed by atoms with Crippen LogP contribution >= 0.6 is 0 Å². The third-order valence-electron chi connectivity index (χ3n) is 6.14. The Hall–Kier alpha value is -1.99. The predicted octanol–water partition coefficient (Wildman–Crippen LogP) is 6.38. The molecule has 0 spiro atoms. The second-order valence-corrected chi connectivity index (χ2v) is 10.2. The lowest BCUT2D eigenvalue weighted by atomic mass is 9.92. The minimum absolute atomic E-state index is 0.0842. The Morgan fingerprint density at radius 1 is 0.657 bits per heavy atom. The fourth-order valence-electron chi connectivity index (χ4n) is 3.62. The summed E-state index contributed by atoms with van der Waals surface area (Å²) in [6, 6.07) is 0. The molecule has 0 bridgehead atoms. The van der Waals surface area contributed by atoms with Gasteiger partial charge in [0, 0.05) is 0 Å². The van der Waals surface area contributed by atoms with E-state index < -0.39 is 36.3 Å². The van der Waals surface area contributed by atoms with E-state index in [0.717, 1.165) is 57.8 Å². The molecule has 0 saturated heterocycles. The molecule has 0 aliphatic rings. The Morgan fingerprint density at radius 2 is 1.00 bits per heavy atom. The zero-order chi connectivity index (χ0) is 26.7. The standard InChI is InChI=1S/C27H49NO7/c1-7-10-13-21(4)18-33-24(29)16-27(28-32,26(31)35-20-23(6)15-12-9-3)17-25(30)34-19-22(5)14-11-8-2/h21-23H,7-20H2,1-6H3. The number of esters is 3. The van der Waals surface area contributed by atoms with E-state index >= 15 is 0 Å². The predicted molar refractivity (Wildman–Crippen MR) is 137 cm³/mol.